The molecule has 7 heteroatoms. The maximum Gasteiger partial charge on any atom is 0.410 e. The lowest BCUT2D eigenvalue weighted by Crippen LogP contribution is -2.52. The smallest absolute Gasteiger partial charge is 0.410 e. The summed E-state index contributed by atoms with van der Waals surface area (Å²) in [5, 5.41) is 12.9. The Morgan fingerprint density at radius 3 is 2.35 bits per heavy atom. The molecule has 1 aliphatic heterocycles. The van der Waals surface area contributed by atoms with Crippen LogP contribution in [0.4, 0.5) is 4.79 Å². The fourth-order valence-electron chi connectivity index (χ4n) is 2.70. The van der Waals surface area contributed by atoms with Crippen LogP contribution >= 0.6 is 0 Å². The molecule has 0 spiro atoms. The number of carbonyl (C=O) groups excluding carboxylic acids is 2. The monoisotopic (exact) mass is 363 g/mol. The molecule has 0 bridgehead atoms. The Bertz CT molecular complexity index is 593. The zero-order chi connectivity index (χ0) is 19.2. The third-order valence-corrected chi connectivity index (χ3v) is 4.03. The minimum Gasteiger partial charge on any atom is -0.444 e. The first-order chi connectivity index (χ1) is 12.2. The summed E-state index contributed by atoms with van der Waals surface area (Å²) in [6.07, 6.45) is -0.955. The lowest BCUT2D eigenvalue weighted by molar-refractivity contribution is 0.0102. The van der Waals surface area contributed by atoms with E-state index in [4.69, 9.17) is 4.74 Å². The van der Waals surface area contributed by atoms with Crippen molar-refractivity contribution in [2.45, 2.75) is 32.5 Å². The lowest BCUT2D eigenvalue weighted by atomic mass is 10.2. The molecule has 0 aromatic heterocycles. The second-order valence-corrected chi connectivity index (χ2v) is 7.50. The molecule has 2 amide bonds. The average Bonchev–Trinajstić information content (AvgIpc) is 2.59. The minimum absolute atomic E-state index is 0.194. The van der Waals surface area contributed by atoms with Crippen molar-refractivity contribution in [2.24, 2.45) is 0 Å². The van der Waals surface area contributed by atoms with Crippen LogP contribution in [-0.4, -0.2) is 77.9 Å². The largest absolute Gasteiger partial charge is 0.444 e. The molecule has 1 saturated heterocycles. The number of nitrogens with zero attached hydrogens (tertiary/aromatic N) is 2. The fourth-order valence-corrected chi connectivity index (χ4v) is 2.70. The van der Waals surface area contributed by atoms with Crippen LogP contribution in [0.25, 0.3) is 0 Å². The van der Waals surface area contributed by atoms with Gasteiger partial charge in [-0.25, -0.2) is 4.79 Å². The summed E-state index contributed by atoms with van der Waals surface area (Å²) in [5.74, 6) is -0.195. The maximum atomic E-state index is 12.0. The third kappa shape index (κ3) is 6.65. The molecular weight excluding hydrogens is 334 g/mol. The van der Waals surface area contributed by atoms with E-state index >= 15 is 0 Å². The molecule has 0 saturated carbocycles. The molecule has 2 N–H and O–H groups in total. The van der Waals surface area contributed by atoms with E-state index in [1.165, 1.54) is 0 Å². The first-order valence-corrected chi connectivity index (χ1v) is 8.96. The number of aliphatic hydroxyl groups is 1. The van der Waals surface area contributed by atoms with Gasteiger partial charge < -0.3 is 20.1 Å². The Balaban J connectivity index is 1.68. The van der Waals surface area contributed by atoms with Crippen LogP contribution in [0, 0.1) is 0 Å². The first kappa shape index (κ1) is 20.2. The number of hydrogen-bond donors (Lipinski definition) is 2. The van der Waals surface area contributed by atoms with Gasteiger partial charge in [0.2, 0.25) is 0 Å². The number of rotatable bonds is 5. The molecule has 1 aromatic rings. The maximum absolute atomic E-state index is 12.0. The molecular formula is C19H29N3O4. The Labute approximate surface area is 154 Å². The van der Waals surface area contributed by atoms with Gasteiger partial charge in [-0.05, 0) is 32.9 Å². The zero-order valence-electron chi connectivity index (χ0n) is 15.8. The highest BCUT2D eigenvalue weighted by molar-refractivity contribution is 5.94. The minimum atomic E-state index is -0.657. The highest BCUT2D eigenvalue weighted by atomic mass is 16.6. The molecule has 0 aliphatic carbocycles. The van der Waals surface area contributed by atoms with Gasteiger partial charge in [0, 0.05) is 44.8 Å². The van der Waals surface area contributed by atoms with E-state index in [0.717, 1.165) is 0 Å². The van der Waals surface area contributed by atoms with Crippen molar-refractivity contribution in [3.05, 3.63) is 35.9 Å². The zero-order valence-corrected chi connectivity index (χ0v) is 15.8. The molecule has 1 atom stereocenters. The van der Waals surface area contributed by atoms with Gasteiger partial charge in [-0.3, -0.25) is 9.69 Å². The third-order valence-electron chi connectivity index (χ3n) is 4.03. The molecule has 1 aromatic carbocycles. The van der Waals surface area contributed by atoms with Crippen molar-refractivity contribution in [3.8, 4) is 0 Å². The van der Waals surface area contributed by atoms with Crippen molar-refractivity contribution >= 4 is 12.0 Å². The van der Waals surface area contributed by atoms with E-state index in [9.17, 15) is 14.7 Å². The summed E-state index contributed by atoms with van der Waals surface area (Å²) >= 11 is 0. The van der Waals surface area contributed by atoms with Crippen molar-refractivity contribution in [1.82, 2.24) is 15.1 Å². The summed E-state index contributed by atoms with van der Waals surface area (Å²) in [6.45, 7) is 8.67. The number of piperazine rings is 1. The van der Waals surface area contributed by atoms with Crippen molar-refractivity contribution < 1.29 is 19.4 Å². The number of β-amino-alcohol motifs (C(OH)–C–C–N with tert-alkyl or cyclic N) is 1. The number of ether oxygens (including phenoxy) is 1. The van der Waals surface area contributed by atoms with Gasteiger partial charge in [0.1, 0.15) is 5.60 Å². The van der Waals surface area contributed by atoms with Crippen LogP contribution in [0.15, 0.2) is 30.3 Å². The number of hydrogen-bond acceptors (Lipinski definition) is 5. The van der Waals surface area contributed by atoms with Crippen molar-refractivity contribution in [2.75, 3.05) is 39.3 Å². The summed E-state index contributed by atoms with van der Waals surface area (Å²) < 4.78 is 5.37. The highest BCUT2D eigenvalue weighted by Gasteiger charge is 2.26. The predicted octanol–water partition coefficient (Wildman–Crippen LogP) is 1.33. The highest BCUT2D eigenvalue weighted by Crippen LogP contribution is 2.12. The van der Waals surface area contributed by atoms with Gasteiger partial charge in [-0.15, -0.1) is 0 Å². The van der Waals surface area contributed by atoms with Crippen LogP contribution in [0.1, 0.15) is 31.1 Å². The molecule has 0 radical (unpaired) electrons. The molecule has 1 fully saturated rings. The number of aliphatic hydroxyl groups excluding tert-OH is 1. The van der Waals surface area contributed by atoms with Gasteiger partial charge >= 0.3 is 6.09 Å². The fraction of sp³-hybridized carbons (Fsp3) is 0.579. The first-order valence-electron chi connectivity index (χ1n) is 8.96. The number of carbonyl (C=O) groups is 2. The second kappa shape index (κ2) is 9.00. The average molecular weight is 363 g/mol. The Morgan fingerprint density at radius 1 is 1.15 bits per heavy atom. The Kier molecular flexibility index (Phi) is 6.99. The van der Waals surface area contributed by atoms with E-state index in [0.29, 0.717) is 38.3 Å². The van der Waals surface area contributed by atoms with Gasteiger partial charge in [0.15, 0.2) is 0 Å². The van der Waals surface area contributed by atoms with E-state index in [-0.39, 0.29) is 18.5 Å². The van der Waals surface area contributed by atoms with Crippen LogP contribution < -0.4 is 5.32 Å². The second-order valence-electron chi connectivity index (χ2n) is 7.50. The topological polar surface area (TPSA) is 82.1 Å². The lowest BCUT2D eigenvalue weighted by Gasteiger charge is -2.36. The summed E-state index contributed by atoms with van der Waals surface area (Å²) in [7, 11) is 0. The summed E-state index contributed by atoms with van der Waals surface area (Å²) in [5.41, 5.74) is 0.0761. The normalized spacial score (nSPS) is 16.8. The van der Waals surface area contributed by atoms with Crippen LogP contribution in [-0.2, 0) is 4.74 Å². The SMILES string of the molecule is CC(C)(C)OC(=O)N1CCN(CC(O)CNC(=O)c2ccccc2)CC1. The molecule has 1 aliphatic rings. The van der Waals surface area contributed by atoms with Crippen LogP contribution in [0.5, 0.6) is 0 Å². The van der Waals surface area contributed by atoms with E-state index in [2.05, 4.69) is 10.2 Å². The molecule has 2 rings (SSSR count). The number of amides is 2. The Hall–Kier alpha value is -2.12. The van der Waals surface area contributed by atoms with E-state index < -0.39 is 11.7 Å². The van der Waals surface area contributed by atoms with Gasteiger partial charge in [-0.1, -0.05) is 18.2 Å². The molecule has 144 valence electrons. The molecule has 7 nitrogen and oxygen atoms in total. The molecule has 1 unspecified atom stereocenters. The van der Waals surface area contributed by atoms with E-state index in [1.807, 2.05) is 26.8 Å². The van der Waals surface area contributed by atoms with Gasteiger partial charge in [0.05, 0.1) is 6.10 Å². The predicted molar refractivity (Wildman–Crippen MR) is 99.0 cm³/mol. The molecule has 1 heterocycles. The molecule has 26 heavy (non-hydrogen) atoms. The number of benzene rings is 1. The van der Waals surface area contributed by atoms with Gasteiger partial charge in [-0.2, -0.15) is 0 Å². The van der Waals surface area contributed by atoms with Crippen molar-refractivity contribution in [3.63, 3.8) is 0 Å². The van der Waals surface area contributed by atoms with Gasteiger partial charge in [0.25, 0.3) is 5.91 Å². The quantitative estimate of drug-likeness (QED) is 0.825. The number of nitrogens with one attached hydrogen (secondary N) is 1. The van der Waals surface area contributed by atoms with E-state index in [1.54, 1.807) is 29.2 Å². The Morgan fingerprint density at radius 2 is 1.77 bits per heavy atom. The van der Waals surface area contributed by atoms with Crippen molar-refractivity contribution in [1.29, 1.82) is 0 Å². The summed E-state index contributed by atoms with van der Waals surface area (Å²) in [6, 6.07) is 8.92. The van der Waals surface area contributed by atoms with Crippen LogP contribution in [0.2, 0.25) is 0 Å². The van der Waals surface area contributed by atoms with Crippen LogP contribution in [0.3, 0.4) is 0 Å². The standard InChI is InChI=1S/C19H29N3O4/c1-19(2,3)26-18(25)22-11-9-21(10-12-22)14-16(23)13-20-17(24)15-7-5-4-6-8-15/h4-8,16,23H,9-14H2,1-3H3,(H,20,24). The summed E-state index contributed by atoms with van der Waals surface area (Å²) in [4.78, 5) is 27.8.